The quantitative estimate of drug-likeness (QED) is 0.849. The summed E-state index contributed by atoms with van der Waals surface area (Å²) in [5.41, 5.74) is 0.954. The highest BCUT2D eigenvalue weighted by Crippen LogP contribution is 2.37. The molecule has 0 heterocycles. The average Bonchev–Trinajstić information content (AvgIpc) is 2.89. The maximum absolute atomic E-state index is 12.4. The highest BCUT2D eigenvalue weighted by Gasteiger charge is 2.39. The Balaban J connectivity index is 1.91. The molecule has 122 valence electrons. The van der Waals surface area contributed by atoms with E-state index in [4.69, 9.17) is 4.74 Å². The zero-order valence-corrected chi connectivity index (χ0v) is 13.8. The molecule has 4 nitrogen and oxygen atoms in total. The number of hydrogen-bond donors (Lipinski definition) is 2. The molecule has 1 aromatic rings. The van der Waals surface area contributed by atoms with Crippen molar-refractivity contribution in [2.75, 3.05) is 13.7 Å². The molecule has 1 aromatic carbocycles. The molecule has 2 N–H and O–H groups in total. The summed E-state index contributed by atoms with van der Waals surface area (Å²) >= 11 is 0. The van der Waals surface area contributed by atoms with E-state index in [-0.39, 0.29) is 29.9 Å². The van der Waals surface area contributed by atoms with Gasteiger partial charge in [0.15, 0.2) is 0 Å². The predicted molar refractivity (Wildman–Crippen MR) is 86.8 cm³/mol. The third-order valence-corrected chi connectivity index (χ3v) is 4.91. The summed E-state index contributed by atoms with van der Waals surface area (Å²) in [6.07, 6.45) is 3.70. The number of aliphatic hydroxyl groups excluding tert-OH is 1. The van der Waals surface area contributed by atoms with Gasteiger partial charge in [-0.2, -0.15) is 0 Å². The number of nitrogens with one attached hydrogen (secondary N) is 1. The van der Waals surface area contributed by atoms with Gasteiger partial charge in [0.25, 0.3) is 0 Å². The second kappa shape index (κ2) is 7.14. The Bertz CT molecular complexity index is 500. The van der Waals surface area contributed by atoms with Gasteiger partial charge in [-0.1, -0.05) is 32.4 Å². The predicted octanol–water partition coefficient (Wildman–Crippen LogP) is 2.54. The lowest BCUT2D eigenvalue weighted by molar-refractivity contribution is -0.126. The van der Waals surface area contributed by atoms with Crippen LogP contribution in [0.2, 0.25) is 0 Å². The molecule has 1 amide bonds. The van der Waals surface area contributed by atoms with Crippen molar-refractivity contribution < 1.29 is 14.6 Å². The molecule has 0 radical (unpaired) electrons. The molecule has 0 saturated heterocycles. The molecule has 1 aliphatic carbocycles. The summed E-state index contributed by atoms with van der Waals surface area (Å²) in [4.78, 5) is 12.4. The van der Waals surface area contributed by atoms with Gasteiger partial charge < -0.3 is 15.2 Å². The molecule has 3 unspecified atom stereocenters. The molecule has 4 heteroatoms. The second-order valence-corrected chi connectivity index (χ2v) is 6.72. The Kier molecular flexibility index (Phi) is 5.46. The van der Waals surface area contributed by atoms with Crippen LogP contribution < -0.4 is 10.1 Å². The Labute approximate surface area is 132 Å². The number of hydrogen-bond acceptors (Lipinski definition) is 3. The first-order valence-electron chi connectivity index (χ1n) is 8.02. The van der Waals surface area contributed by atoms with Crippen LogP contribution in [0.1, 0.15) is 38.7 Å². The Morgan fingerprint density at radius 1 is 1.45 bits per heavy atom. The molecular weight excluding hydrogens is 278 g/mol. The maximum atomic E-state index is 12.4. The van der Waals surface area contributed by atoms with Crippen molar-refractivity contribution in [1.29, 1.82) is 0 Å². The number of rotatable bonds is 6. The molecular formula is C18H27NO3. The number of benzene rings is 1. The van der Waals surface area contributed by atoms with Crippen molar-refractivity contribution in [3.63, 3.8) is 0 Å². The molecule has 0 spiro atoms. The molecule has 1 saturated carbocycles. The van der Waals surface area contributed by atoms with E-state index in [1.165, 1.54) is 0 Å². The lowest BCUT2D eigenvalue weighted by Gasteiger charge is -2.31. The van der Waals surface area contributed by atoms with Crippen LogP contribution in [-0.4, -0.2) is 30.8 Å². The maximum Gasteiger partial charge on any atom is 0.223 e. The summed E-state index contributed by atoms with van der Waals surface area (Å²) in [6, 6.07) is 7.91. The van der Waals surface area contributed by atoms with E-state index in [9.17, 15) is 9.90 Å². The Morgan fingerprint density at radius 2 is 2.14 bits per heavy atom. The van der Waals surface area contributed by atoms with Gasteiger partial charge in [-0.3, -0.25) is 4.79 Å². The zero-order chi connectivity index (χ0) is 16.2. The molecule has 0 aromatic heterocycles. The van der Waals surface area contributed by atoms with E-state index >= 15 is 0 Å². The summed E-state index contributed by atoms with van der Waals surface area (Å²) < 4.78 is 5.14. The van der Waals surface area contributed by atoms with Crippen molar-refractivity contribution in [2.24, 2.45) is 11.3 Å². The minimum atomic E-state index is -0.171. The highest BCUT2D eigenvalue weighted by atomic mass is 16.5. The monoisotopic (exact) mass is 305 g/mol. The number of methoxy groups -OCH3 is 1. The van der Waals surface area contributed by atoms with Crippen LogP contribution in [0.3, 0.4) is 0 Å². The Morgan fingerprint density at radius 3 is 2.73 bits per heavy atom. The zero-order valence-electron chi connectivity index (χ0n) is 13.8. The Hall–Kier alpha value is -1.55. The molecule has 2 rings (SSSR count). The van der Waals surface area contributed by atoms with Gasteiger partial charge in [0.2, 0.25) is 5.91 Å². The van der Waals surface area contributed by atoms with Crippen molar-refractivity contribution in [3.8, 4) is 5.75 Å². The van der Waals surface area contributed by atoms with E-state index in [1.54, 1.807) is 7.11 Å². The summed E-state index contributed by atoms with van der Waals surface area (Å²) in [5, 5.41) is 12.7. The normalized spacial score (nSPS) is 25.7. The standard InChI is InChI=1S/C18H27NO3/c1-13(11-14-6-8-15(22-3)9-7-14)17(21)19-16-5-4-10-18(16,2)12-20/h6-9,13,16,20H,4-5,10-12H2,1-3H3,(H,19,21). The van der Waals surface area contributed by atoms with Crippen molar-refractivity contribution in [2.45, 2.75) is 45.6 Å². The van der Waals surface area contributed by atoms with E-state index in [1.807, 2.05) is 31.2 Å². The van der Waals surface area contributed by atoms with Crippen LogP contribution in [0.4, 0.5) is 0 Å². The fourth-order valence-electron chi connectivity index (χ4n) is 3.19. The van der Waals surface area contributed by atoms with Gasteiger partial charge in [-0.25, -0.2) is 0 Å². The number of carbonyl (C=O) groups excluding carboxylic acids is 1. The van der Waals surface area contributed by atoms with Crippen LogP contribution in [-0.2, 0) is 11.2 Å². The third-order valence-electron chi connectivity index (χ3n) is 4.91. The lowest BCUT2D eigenvalue weighted by atomic mass is 9.85. The number of aliphatic hydroxyl groups is 1. The molecule has 1 aliphatic rings. The third kappa shape index (κ3) is 3.80. The van der Waals surface area contributed by atoms with Crippen LogP contribution in [0.25, 0.3) is 0 Å². The van der Waals surface area contributed by atoms with Crippen LogP contribution in [0.15, 0.2) is 24.3 Å². The smallest absolute Gasteiger partial charge is 0.223 e. The van der Waals surface area contributed by atoms with Crippen molar-refractivity contribution in [1.82, 2.24) is 5.32 Å². The van der Waals surface area contributed by atoms with Gasteiger partial charge in [0.1, 0.15) is 5.75 Å². The van der Waals surface area contributed by atoms with Crippen molar-refractivity contribution >= 4 is 5.91 Å². The highest BCUT2D eigenvalue weighted by molar-refractivity contribution is 5.79. The fourth-order valence-corrected chi connectivity index (χ4v) is 3.19. The van der Waals surface area contributed by atoms with E-state index in [0.717, 1.165) is 30.6 Å². The molecule has 3 atom stereocenters. The first-order valence-corrected chi connectivity index (χ1v) is 8.02. The molecule has 0 bridgehead atoms. The number of ether oxygens (including phenoxy) is 1. The van der Waals surface area contributed by atoms with E-state index in [2.05, 4.69) is 12.2 Å². The first-order chi connectivity index (χ1) is 10.5. The van der Waals surface area contributed by atoms with E-state index in [0.29, 0.717) is 6.42 Å². The molecule has 0 aliphatic heterocycles. The lowest BCUT2D eigenvalue weighted by Crippen LogP contribution is -2.46. The summed E-state index contributed by atoms with van der Waals surface area (Å²) in [5.74, 6) is 0.810. The second-order valence-electron chi connectivity index (χ2n) is 6.72. The minimum absolute atomic E-state index is 0.0717. The van der Waals surface area contributed by atoms with Gasteiger partial charge in [0.05, 0.1) is 13.7 Å². The summed E-state index contributed by atoms with van der Waals surface area (Å²) in [6.45, 7) is 4.13. The molecule has 1 fully saturated rings. The largest absolute Gasteiger partial charge is 0.497 e. The van der Waals surface area contributed by atoms with Crippen LogP contribution in [0, 0.1) is 11.3 Å². The topological polar surface area (TPSA) is 58.6 Å². The van der Waals surface area contributed by atoms with Crippen LogP contribution in [0.5, 0.6) is 5.75 Å². The van der Waals surface area contributed by atoms with Crippen LogP contribution >= 0.6 is 0 Å². The van der Waals surface area contributed by atoms with Gasteiger partial charge in [0, 0.05) is 17.4 Å². The van der Waals surface area contributed by atoms with Gasteiger partial charge in [-0.15, -0.1) is 0 Å². The number of carbonyl (C=O) groups is 1. The average molecular weight is 305 g/mol. The first kappa shape index (κ1) is 16.8. The van der Waals surface area contributed by atoms with Gasteiger partial charge in [-0.05, 0) is 37.0 Å². The summed E-state index contributed by atoms with van der Waals surface area (Å²) in [7, 11) is 1.64. The number of amides is 1. The SMILES string of the molecule is COc1ccc(CC(C)C(=O)NC2CCCC2(C)CO)cc1. The fraction of sp³-hybridized carbons (Fsp3) is 0.611. The van der Waals surface area contributed by atoms with E-state index < -0.39 is 0 Å². The molecule has 22 heavy (non-hydrogen) atoms. The van der Waals surface area contributed by atoms with Crippen molar-refractivity contribution in [3.05, 3.63) is 29.8 Å². The van der Waals surface area contributed by atoms with Gasteiger partial charge >= 0.3 is 0 Å². The minimum Gasteiger partial charge on any atom is -0.497 e.